The molecule has 9 heteroatoms. The average Bonchev–Trinajstić information content (AvgIpc) is 3.00. The van der Waals surface area contributed by atoms with Gasteiger partial charge in [-0.15, -0.1) is 0 Å². The van der Waals surface area contributed by atoms with E-state index in [4.69, 9.17) is 0 Å². The van der Waals surface area contributed by atoms with Crippen molar-refractivity contribution in [1.29, 1.82) is 0 Å². The Morgan fingerprint density at radius 2 is 2.17 bits per heavy atom. The molecule has 124 valence electrons. The third-order valence-corrected chi connectivity index (χ3v) is 6.10. The minimum absolute atomic E-state index is 0.0288. The van der Waals surface area contributed by atoms with Gasteiger partial charge in [-0.3, -0.25) is 9.59 Å². The Hall–Kier alpha value is -1.71. The van der Waals surface area contributed by atoms with Crippen LogP contribution in [0.3, 0.4) is 0 Å². The quantitative estimate of drug-likeness (QED) is 0.831. The van der Waals surface area contributed by atoms with Crippen LogP contribution in [0.4, 0.5) is 0 Å². The summed E-state index contributed by atoms with van der Waals surface area (Å²) in [6, 6.07) is 4.08. The minimum atomic E-state index is -3.73. The van der Waals surface area contributed by atoms with E-state index in [1.54, 1.807) is 11.0 Å². The summed E-state index contributed by atoms with van der Waals surface area (Å²) in [5.74, 6) is -0.0288. The molecule has 3 rings (SSSR count). The number of benzene rings is 1. The molecule has 1 saturated heterocycles. The predicted octanol–water partition coefficient (Wildman–Crippen LogP) is 0.879. The van der Waals surface area contributed by atoms with Gasteiger partial charge in [-0.25, -0.2) is 13.1 Å². The fourth-order valence-corrected chi connectivity index (χ4v) is 4.82. The molecule has 1 aliphatic rings. The molecule has 2 heterocycles. The van der Waals surface area contributed by atoms with Crippen molar-refractivity contribution >= 4 is 37.5 Å². The van der Waals surface area contributed by atoms with Gasteiger partial charge in [0.2, 0.25) is 15.9 Å². The summed E-state index contributed by atoms with van der Waals surface area (Å²) in [5, 5.41) is 0. The highest BCUT2D eigenvalue weighted by Gasteiger charge is 2.32. The molecule has 0 aliphatic carbocycles. The number of fused-ring (bicyclic) bond motifs is 1. The maximum Gasteiger partial charge on any atom is 0.305 e. The number of H-pyrrole nitrogens is 1. The monoisotopic (exact) mass is 355 g/mol. The largest absolute Gasteiger partial charge is 0.341 e. The predicted molar refractivity (Wildman–Crippen MR) is 88.0 cm³/mol. The molecule has 0 radical (unpaired) electrons. The second kappa shape index (κ2) is 6.06. The van der Waals surface area contributed by atoms with Gasteiger partial charge in [0.1, 0.15) is 0 Å². The lowest BCUT2D eigenvalue weighted by atomic mass is 10.3. The van der Waals surface area contributed by atoms with E-state index in [0.29, 0.717) is 23.3 Å². The van der Waals surface area contributed by atoms with Crippen LogP contribution in [0.15, 0.2) is 27.9 Å². The van der Waals surface area contributed by atoms with Crippen molar-refractivity contribution < 1.29 is 13.2 Å². The van der Waals surface area contributed by atoms with Gasteiger partial charge in [0.25, 0.3) is 0 Å². The average molecular weight is 355 g/mol. The number of carbonyl (C=O) groups is 1. The number of sulfonamides is 1. The number of aromatic amines is 1. The molecule has 2 aromatic rings. The number of likely N-dealkylation sites (tertiary alicyclic amines) is 1. The normalized spacial score (nSPS) is 18.9. The standard InChI is InChI=1S/C14H17N3O4S2/c1-2-5-17-8-9(6-13(17)18)16-23(20,21)10-3-4-11-12(7-10)22-14(19)15-11/h3-4,7,9,16H,2,5-6,8H2,1H3,(H,15,19). The molecular formula is C14H17N3O4S2. The minimum Gasteiger partial charge on any atom is -0.341 e. The van der Waals surface area contributed by atoms with Gasteiger partial charge in [0, 0.05) is 25.6 Å². The Morgan fingerprint density at radius 3 is 2.91 bits per heavy atom. The van der Waals surface area contributed by atoms with Gasteiger partial charge in [0.15, 0.2) is 0 Å². The summed E-state index contributed by atoms with van der Waals surface area (Å²) in [7, 11) is -3.73. The molecule has 7 nitrogen and oxygen atoms in total. The molecule has 0 spiro atoms. The topological polar surface area (TPSA) is 99.3 Å². The van der Waals surface area contributed by atoms with Crippen molar-refractivity contribution in [3.05, 3.63) is 27.9 Å². The highest BCUT2D eigenvalue weighted by atomic mass is 32.2. The number of thiazole rings is 1. The first-order chi connectivity index (χ1) is 10.9. The molecule has 1 aromatic heterocycles. The smallest absolute Gasteiger partial charge is 0.305 e. The third kappa shape index (κ3) is 3.31. The van der Waals surface area contributed by atoms with Gasteiger partial charge in [0.05, 0.1) is 15.1 Å². The summed E-state index contributed by atoms with van der Waals surface area (Å²) in [6.45, 7) is 3.01. The van der Waals surface area contributed by atoms with Crippen LogP contribution in [0.1, 0.15) is 19.8 Å². The van der Waals surface area contributed by atoms with Crippen LogP contribution in [0, 0.1) is 0 Å². The lowest BCUT2D eigenvalue weighted by Crippen LogP contribution is -2.37. The van der Waals surface area contributed by atoms with Crippen LogP contribution >= 0.6 is 11.3 Å². The molecule has 1 fully saturated rings. The maximum atomic E-state index is 12.5. The Kier molecular flexibility index (Phi) is 4.26. The summed E-state index contributed by atoms with van der Waals surface area (Å²) in [5.41, 5.74) is 0.615. The zero-order valence-corrected chi connectivity index (χ0v) is 14.2. The van der Waals surface area contributed by atoms with Crippen molar-refractivity contribution in [2.75, 3.05) is 13.1 Å². The first kappa shape index (κ1) is 16.2. The van der Waals surface area contributed by atoms with Crippen molar-refractivity contribution in [2.24, 2.45) is 0 Å². The molecule has 1 aromatic carbocycles. The van der Waals surface area contributed by atoms with E-state index in [-0.39, 0.29) is 22.1 Å². The SMILES string of the molecule is CCCN1CC(NS(=O)(=O)c2ccc3[nH]c(=O)sc3c2)CC1=O. The van der Waals surface area contributed by atoms with E-state index in [1.165, 1.54) is 12.1 Å². The fraction of sp³-hybridized carbons (Fsp3) is 0.429. The molecule has 0 saturated carbocycles. The van der Waals surface area contributed by atoms with Gasteiger partial charge in [-0.1, -0.05) is 18.3 Å². The summed E-state index contributed by atoms with van der Waals surface area (Å²) < 4.78 is 28.1. The fourth-order valence-electron chi connectivity index (χ4n) is 2.72. The number of aromatic nitrogens is 1. The summed E-state index contributed by atoms with van der Waals surface area (Å²) >= 11 is 0.967. The first-order valence-corrected chi connectivity index (χ1v) is 9.62. The van der Waals surface area contributed by atoms with Gasteiger partial charge in [-0.05, 0) is 24.6 Å². The zero-order chi connectivity index (χ0) is 16.6. The molecule has 1 atom stereocenters. The van der Waals surface area contributed by atoms with E-state index >= 15 is 0 Å². The third-order valence-electron chi connectivity index (χ3n) is 3.73. The van der Waals surface area contributed by atoms with E-state index in [2.05, 4.69) is 9.71 Å². The number of hydrogen-bond donors (Lipinski definition) is 2. The molecule has 1 amide bonds. The van der Waals surface area contributed by atoms with Crippen LogP contribution < -0.4 is 9.60 Å². The second-order valence-electron chi connectivity index (χ2n) is 5.53. The van der Waals surface area contributed by atoms with E-state index < -0.39 is 16.1 Å². The van der Waals surface area contributed by atoms with Gasteiger partial charge < -0.3 is 9.88 Å². The van der Waals surface area contributed by atoms with Crippen LogP contribution in [0.25, 0.3) is 10.2 Å². The number of nitrogens with one attached hydrogen (secondary N) is 2. The highest BCUT2D eigenvalue weighted by Crippen LogP contribution is 2.21. The Bertz CT molecular complexity index is 900. The van der Waals surface area contributed by atoms with Crippen LogP contribution in [-0.4, -0.2) is 43.3 Å². The van der Waals surface area contributed by atoms with Crippen molar-refractivity contribution in [3.63, 3.8) is 0 Å². The second-order valence-corrected chi connectivity index (χ2v) is 8.26. The van der Waals surface area contributed by atoms with Crippen LogP contribution in [0.2, 0.25) is 0 Å². The van der Waals surface area contributed by atoms with Gasteiger partial charge in [-0.2, -0.15) is 0 Å². The van der Waals surface area contributed by atoms with Crippen LogP contribution in [-0.2, 0) is 14.8 Å². The number of amides is 1. The van der Waals surface area contributed by atoms with Crippen molar-refractivity contribution in [3.8, 4) is 0 Å². The number of nitrogens with zero attached hydrogens (tertiary/aromatic N) is 1. The maximum absolute atomic E-state index is 12.5. The van der Waals surface area contributed by atoms with Gasteiger partial charge >= 0.3 is 4.87 Å². The Balaban J connectivity index is 1.80. The van der Waals surface area contributed by atoms with Crippen LogP contribution in [0.5, 0.6) is 0 Å². The first-order valence-electron chi connectivity index (χ1n) is 7.32. The molecule has 0 bridgehead atoms. The molecule has 2 N–H and O–H groups in total. The Labute approximate surface area is 137 Å². The summed E-state index contributed by atoms with van der Waals surface area (Å²) in [4.78, 5) is 27.3. The highest BCUT2D eigenvalue weighted by molar-refractivity contribution is 7.89. The number of hydrogen-bond acceptors (Lipinski definition) is 5. The molecule has 23 heavy (non-hydrogen) atoms. The molecule has 1 unspecified atom stereocenters. The summed E-state index contributed by atoms with van der Waals surface area (Å²) in [6.07, 6.45) is 1.02. The zero-order valence-electron chi connectivity index (χ0n) is 12.5. The number of carbonyl (C=O) groups excluding carboxylic acids is 1. The Morgan fingerprint density at radius 1 is 1.39 bits per heavy atom. The van der Waals surface area contributed by atoms with E-state index in [1.807, 2.05) is 6.92 Å². The lowest BCUT2D eigenvalue weighted by Gasteiger charge is -2.16. The van der Waals surface area contributed by atoms with E-state index in [9.17, 15) is 18.0 Å². The lowest BCUT2D eigenvalue weighted by molar-refractivity contribution is -0.127. The molecule has 1 aliphatic heterocycles. The van der Waals surface area contributed by atoms with Crippen molar-refractivity contribution in [1.82, 2.24) is 14.6 Å². The number of rotatable bonds is 5. The molecular weight excluding hydrogens is 338 g/mol. The van der Waals surface area contributed by atoms with Crippen molar-refractivity contribution in [2.45, 2.75) is 30.7 Å². The van der Waals surface area contributed by atoms with E-state index in [0.717, 1.165) is 17.8 Å².